The molecule has 3 nitrogen and oxygen atoms in total. The summed E-state index contributed by atoms with van der Waals surface area (Å²) in [7, 11) is 0. The molecule has 0 aromatic carbocycles. The maximum Gasteiger partial charge on any atom is 0.109 e. The fourth-order valence-corrected chi connectivity index (χ4v) is 2.79. The molecular formula is C11H15N3S2. The Labute approximate surface area is 103 Å². The molecule has 0 aliphatic carbocycles. The third kappa shape index (κ3) is 3.12. The lowest BCUT2D eigenvalue weighted by atomic mass is 10.3. The van der Waals surface area contributed by atoms with Crippen LogP contribution in [0.1, 0.15) is 29.2 Å². The van der Waals surface area contributed by atoms with Crippen molar-refractivity contribution in [1.29, 1.82) is 0 Å². The van der Waals surface area contributed by atoms with Gasteiger partial charge in [-0.1, -0.05) is 0 Å². The molecule has 5 heteroatoms. The van der Waals surface area contributed by atoms with Gasteiger partial charge in [0.05, 0.1) is 11.7 Å². The lowest BCUT2D eigenvalue weighted by Gasteiger charge is -2.00. The molecule has 0 radical (unpaired) electrons. The largest absolute Gasteiger partial charge is 0.322 e. The minimum atomic E-state index is 0.0376. The molecule has 1 atom stereocenters. The molecule has 2 heterocycles. The lowest BCUT2D eigenvalue weighted by molar-refractivity contribution is 0.678. The Balaban J connectivity index is 1.81. The molecule has 0 aliphatic heterocycles. The van der Waals surface area contributed by atoms with Crippen LogP contribution in [0.2, 0.25) is 0 Å². The highest BCUT2D eigenvalue weighted by atomic mass is 32.1. The van der Waals surface area contributed by atoms with Gasteiger partial charge in [0, 0.05) is 18.5 Å². The van der Waals surface area contributed by atoms with Gasteiger partial charge in [0.1, 0.15) is 5.01 Å². The first-order chi connectivity index (χ1) is 7.75. The molecular weight excluding hydrogens is 238 g/mol. The van der Waals surface area contributed by atoms with E-state index in [1.165, 1.54) is 5.56 Å². The molecule has 0 aliphatic rings. The molecule has 0 spiro atoms. The quantitative estimate of drug-likeness (QED) is 0.861. The zero-order chi connectivity index (χ0) is 11.4. The fraction of sp³-hybridized carbons (Fsp3) is 0.364. The van der Waals surface area contributed by atoms with Gasteiger partial charge in [0.25, 0.3) is 0 Å². The second-order valence-corrected chi connectivity index (χ2v) is 5.37. The third-order valence-corrected chi connectivity index (χ3v) is 4.00. The van der Waals surface area contributed by atoms with Crippen LogP contribution in [0.15, 0.2) is 22.2 Å². The van der Waals surface area contributed by atoms with Crippen LogP contribution in [0.25, 0.3) is 0 Å². The predicted molar refractivity (Wildman–Crippen MR) is 69.6 cm³/mol. The Morgan fingerprint density at radius 3 is 2.94 bits per heavy atom. The van der Waals surface area contributed by atoms with Crippen molar-refractivity contribution in [3.05, 3.63) is 38.5 Å². The average molecular weight is 253 g/mol. The van der Waals surface area contributed by atoms with Gasteiger partial charge in [-0.05, 0) is 29.3 Å². The topological polar surface area (TPSA) is 50.9 Å². The van der Waals surface area contributed by atoms with Crippen molar-refractivity contribution in [3.63, 3.8) is 0 Å². The van der Waals surface area contributed by atoms with Crippen molar-refractivity contribution < 1.29 is 0 Å². The van der Waals surface area contributed by atoms with Crippen LogP contribution in [-0.2, 0) is 13.1 Å². The van der Waals surface area contributed by atoms with E-state index in [-0.39, 0.29) is 6.04 Å². The minimum absolute atomic E-state index is 0.0376. The van der Waals surface area contributed by atoms with Crippen LogP contribution in [0.4, 0.5) is 0 Å². The first-order valence-corrected chi connectivity index (χ1v) is 6.99. The zero-order valence-electron chi connectivity index (χ0n) is 9.14. The number of hydrogen-bond acceptors (Lipinski definition) is 5. The molecule has 0 saturated heterocycles. The average Bonchev–Trinajstić information content (AvgIpc) is 2.87. The van der Waals surface area contributed by atoms with E-state index in [4.69, 9.17) is 5.73 Å². The van der Waals surface area contributed by atoms with Gasteiger partial charge in [0.15, 0.2) is 0 Å². The molecule has 0 amide bonds. The van der Waals surface area contributed by atoms with Crippen molar-refractivity contribution in [2.24, 2.45) is 5.73 Å². The van der Waals surface area contributed by atoms with Crippen LogP contribution in [-0.4, -0.2) is 4.98 Å². The number of aromatic nitrogens is 1. The Hall–Kier alpha value is -0.750. The van der Waals surface area contributed by atoms with Crippen LogP contribution in [0, 0.1) is 0 Å². The molecule has 0 bridgehead atoms. The lowest BCUT2D eigenvalue weighted by Crippen LogP contribution is -2.12. The summed E-state index contributed by atoms with van der Waals surface area (Å²) in [4.78, 5) is 4.46. The Morgan fingerprint density at radius 2 is 2.31 bits per heavy atom. The molecule has 2 aromatic heterocycles. The van der Waals surface area contributed by atoms with Crippen molar-refractivity contribution in [1.82, 2.24) is 10.3 Å². The van der Waals surface area contributed by atoms with Gasteiger partial charge in [-0.25, -0.2) is 4.98 Å². The molecule has 3 N–H and O–H groups in total. The fourth-order valence-electron chi connectivity index (χ4n) is 1.34. The van der Waals surface area contributed by atoms with Crippen LogP contribution in [0.5, 0.6) is 0 Å². The van der Waals surface area contributed by atoms with E-state index < -0.39 is 0 Å². The summed E-state index contributed by atoms with van der Waals surface area (Å²) in [5.74, 6) is 0. The van der Waals surface area contributed by atoms with E-state index >= 15 is 0 Å². The maximum atomic E-state index is 5.76. The second kappa shape index (κ2) is 5.54. The highest BCUT2D eigenvalue weighted by Crippen LogP contribution is 2.15. The van der Waals surface area contributed by atoms with Gasteiger partial charge in [-0.15, -0.1) is 11.3 Å². The van der Waals surface area contributed by atoms with Gasteiger partial charge in [0.2, 0.25) is 0 Å². The van der Waals surface area contributed by atoms with Gasteiger partial charge in [-0.2, -0.15) is 11.3 Å². The minimum Gasteiger partial charge on any atom is -0.322 e. The molecule has 86 valence electrons. The molecule has 2 rings (SSSR count). The van der Waals surface area contributed by atoms with Crippen molar-refractivity contribution >= 4 is 22.7 Å². The van der Waals surface area contributed by atoms with Gasteiger partial charge >= 0.3 is 0 Å². The normalized spacial score (nSPS) is 12.9. The predicted octanol–water partition coefficient (Wildman–Crippen LogP) is 2.51. The van der Waals surface area contributed by atoms with E-state index in [0.29, 0.717) is 0 Å². The Kier molecular flexibility index (Phi) is 4.06. The van der Waals surface area contributed by atoms with Crippen LogP contribution in [0.3, 0.4) is 0 Å². The summed E-state index contributed by atoms with van der Waals surface area (Å²) in [5, 5.41) is 10.7. The third-order valence-electron chi connectivity index (χ3n) is 2.17. The Morgan fingerprint density at radius 1 is 1.44 bits per heavy atom. The van der Waals surface area contributed by atoms with E-state index in [0.717, 1.165) is 23.8 Å². The summed E-state index contributed by atoms with van der Waals surface area (Å²) >= 11 is 3.36. The number of hydrogen-bond donors (Lipinski definition) is 2. The monoisotopic (exact) mass is 253 g/mol. The van der Waals surface area contributed by atoms with Crippen molar-refractivity contribution in [3.8, 4) is 0 Å². The maximum absolute atomic E-state index is 5.76. The number of thiophene rings is 1. The highest BCUT2D eigenvalue weighted by molar-refractivity contribution is 7.09. The Bertz CT molecular complexity index is 420. The molecule has 0 fully saturated rings. The van der Waals surface area contributed by atoms with Crippen LogP contribution >= 0.6 is 22.7 Å². The first-order valence-electron chi connectivity index (χ1n) is 5.17. The summed E-state index contributed by atoms with van der Waals surface area (Å²) < 4.78 is 0. The van der Waals surface area contributed by atoms with Gasteiger partial charge in [-0.3, -0.25) is 0 Å². The second-order valence-electron chi connectivity index (χ2n) is 3.70. The van der Waals surface area contributed by atoms with Crippen molar-refractivity contribution in [2.45, 2.75) is 26.1 Å². The van der Waals surface area contributed by atoms with Crippen molar-refractivity contribution in [2.75, 3.05) is 0 Å². The summed E-state index contributed by atoms with van der Waals surface area (Å²) in [6.45, 7) is 3.66. The zero-order valence-corrected chi connectivity index (χ0v) is 10.8. The standard InChI is InChI=1S/C11H15N3S2/c1-8(12)11-14-10(7-16-11)5-13-4-9-2-3-15-6-9/h2-3,6-8,13H,4-5,12H2,1H3. The van der Waals surface area contributed by atoms with E-state index in [2.05, 4.69) is 32.5 Å². The van der Waals surface area contributed by atoms with E-state index in [9.17, 15) is 0 Å². The first kappa shape index (κ1) is 11.7. The molecule has 2 aromatic rings. The summed E-state index contributed by atoms with van der Waals surface area (Å²) in [6.07, 6.45) is 0. The smallest absolute Gasteiger partial charge is 0.109 e. The number of nitrogens with zero attached hydrogens (tertiary/aromatic N) is 1. The summed E-state index contributed by atoms with van der Waals surface area (Å²) in [5.41, 5.74) is 8.16. The van der Waals surface area contributed by atoms with E-state index in [1.54, 1.807) is 22.7 Å². The van der Waals surface area contributed by atoms with E-state index in [1.807, 2.05) is 6.92 Å². The molecule has 1 unspecified atom stereocenters. The summed E-state index contributed by atoms with van der Waals surface area (Å²) in [6, 6.07) is 2.17. The number of nitrogens with one attached hydrogen (secondary N) is 1. The SMILES string of the molecule is CC(N)c1nc(CNCc2ccsc2)cs1. The van der Waals surface area contributed by atoms with Gasteiger partial charge < -0.3 is 11.1 Å². The molecule has 16 heavy (non-hydrogen) atoms. The highest BCUT2D eigenvalue weighted by Gasteiger charge is 2.05. The molecule has 0 saturated carbocycles. The number of nitrogens with two attached hydrogens (primary N) is 1. The number of rotatable bonds is 5. The number of thiazole rings is 1. The van der Waals surface area contributed by atoms with Crippen LogP contribution < -0.4 is 11.1 Å².